The summed E-state index contributed by atoms with van der Waals surface area (Å²) in [7, 11) is 0. The fourth-order valence-corrected chi connectivity index (χ4v) is 1.46. The van der Waals surface area contributed by atoms with Gasteiger partial charge in [0.05, 0.1) is 5.56 Å². The van der Waals surface area contributed by atoms with Gasteiger partial charge in [0, 0.05) is 11.6 Å². The van der Waals surface area contributed by atoms with Crippen molar-refractivity contribution >= 4 is 18.6 Å². The van der Waals surface area contributed by atoms with Gasteiger partial charge in [-0.05, 0) is 18.2 Å². The average Bonchev–Trinajstić information content (AvgIpc) is 2.64. The number of nitrogens with zero attached hydrogens (tertiary/aromatic N) is 1. The Kier molecular flexibility index (Phi) is 2.66. The van der Waals surface area contributed by atoms with Crippen molar-refractivity contribution in [1.82, 2.24) is 5.16 Å². The summed E-state index contributed by atoms with van der Waals surface area (Å²) in [5.74, 6) is -1.54. The highest BCUT2D eigenvalue weighted by atomic mass is 32.1. The normalized spacial score (nSPS) is 10.4. The Balaban J connectivity index is 2.62. The van der Waals surface area contributed by atoms with Crippen molar-refractivity contribution in [3.8, 4) is 11.3 Å². The molecule has 0 saturated heterocycles. The van der Waals surface area contributed by atoms with E-state index in [1.807, 2.05) is 0 Å². The highest BCUT2D eigenvalue weighted by molar-refractivity contribution is 7.80. The molecule has 82 valence electrons. The molecule has 1 aromatic heterocycles. The van der Waals surface area contributed by atoms with Crippen LogP contribution in [-0.2, 0) is 0 Å². The smallest absolute Gasteiger partial charge is 0.336 e. The number of carboxylic acids is 1. The van der Waals surface area contributed by atoms with Crippen molar-refractivity contribution in [2.24, 2.45) is 0 Å². The number of aromatic nitrogens is 1. The maximum Gasteiger partial charge on any atom is 0.336 e. The lowest BCUT2D eigenvalue weighted by Gasteiger charge is -2.01. The molecular formula is C10H6FNO3S. The van der Waals surface area contributed by atoms with Crippen LogP contribution in [0.2, 0.25) is 0 Å². The Morgan fingerprint density at radius 2 is 2.19 bits per heavy atom. The molecule has 16 heavy (non-hydrogen) atoms. The molecule has 4 nitrogen and oxygen atoms in total. The number of hydrogen-bond acceptors (Lipinski definition) is 4. The third-order valence-corrected chi connectivity index (χ3v) is 2.19. The number of hydrogen-bond donors (Lipinski definition) is 2. The van der Waals surface area contributed by atoms with Crippen LogP contribution < -0.4 is 0 Å². The molecule has 2 rings (SSSR count). The largest absolute Gasteiger partial charge is 0.478 e. The second-order valence-electron chi connectivity index (χ2n) is 3.04. The summed E-state index contributed by atoms with van der Waals surface area (Å²) in [6.45, 7) is 0. The Hall–Kier alpha value is -1.82. The molecule has 0 radical (unpaired) electrons. The van der Waals surface area contributed by atoms with Gasteiger partial charge in [-0.2, -0.15) is 0 Å². The topological polar surface area (TPSA) is 63.3 Å². The van der Waals surface area contributed by atoms with Crippen molar-refractivity contribution in [1.29, 1.82) is 0 Å². The van der Waals surface area contributed by atoms with Gasteiger partial charge < -0.3 is 9.63 Å². The minimum Gasteiger partial charge on any atom is -0.478 e. The molecular weight excluding hydrogens is 233 g/mol. The lowest BCUT2D eigenvalue weighted by atomic mass is 10.1. The number of thiol groups is 1. The van der Waals surface area contributed by atoms with E-state index in [1.54, 1.807) is 0 Å². The molecule has 1 N–H and O–H groups in total. The first-order valence-corrected chi connectivity index (χ1v) is 4.71. The first kappa shape index (κ1) is 10.7. The van der Waals surface area contributed by atoms with E-state index >= 15 is 0 Å². The Bertz CT molecular complexity index is 553. The van der Waals surface area contributed by atoms with Crippen LogP contribution in [0.4, 0.5) is 4.39 Å². The minimum atomic E-state index is -1.16. The van der Waals surface area contributed by atoms with Gasteiger partial charge in [0.2, 0.25) is 0 Å². The molecule has 1 aromatic carbocycles. The van der Waals surface area contributed by atoms with Crippen LogP contribution >= 0.6 is 12.6 Å². The van der Waals surface area contributed by atoms with Gasteiger partial charge in [-0.1, -0.05) is 5.16 Å². The van der Waals surface area contributed by atoms with Gasteiger partial charge in [0.25, 0.3) is 0 Å². The average molecular weight is 239 g/mol. The van der Waals surface area contributed by atoms with Crippen molar-refractivity contribution in [2.75, 3.05) is 0 Å². The maximum absolute atomic E-state index is 13.0. The van der Waals surface area contributed by atoms with E-state index < -0.39 is 11.8 Å². The number of aromatic carboxylic acids is 1. The molecule has 0 saturated carbocycles. The SMILES string of the molecule is O=C(O)c1ccc(F)cc1-c1cc(S)no1. The van der Waals surface area contributed by atoms with E-state index in [0.29, 0.717) is 5.03 Å². The molecule has 0 amide bonds. The third kappa shape index (κ3) is 1.92. The second-order valence-corrected chi connectivity index (χ2v) is 3.50. The molecule has 0 bridgehead atoms. The number of carbonyl (C=O) groups is 1. The predicted octanol–water partition coefficient (Wildman–Crippen LogP) is 2.47. The highest BCUT2D eigenvalue weighted by Crippen LogP contribution is 2.26. The molecule has 0 atom stereocenters. The number of halogens is 1. The highest BCUT2D eigenvalue weighted by Gasteiger charge is 2.16. The Morgan fingerprint density at radius 3 is 2.75 bits per heavy atom. The van der Waals surface area contributed by atoms with Crippen molar-refractivity contribution < 1.29 is 18.8 Å². The summed E-state index contributed by atoms with van der Waals surface area (Å²) in [6, 6.07) is 4.75. The summed E-state index contributed by atoms with van der Waals surface area (Å²) in [5, 5.41) is 12.7. The van der Waals surface area contributed by atoms with Gasteiger partial charge in [0.15, 0.2) is 5.76 Å². The zero-order valence-corrected chi connectivity index (χ0v) is 8.74. The summed E-state index contributed by atoms with van der Waals surface area (Å²) < 4.78 is 17.9. The van der Waals surface area contributed by atoms with Crippen molar-refractivity contribution in [3.05, 3.63) is 35.6 Å². The third-order valence-electron chi connectivity index (χ3n) is 1.98. The Labute approximate surface area is 95.1 Å². The fourth-order valence-electron chi connectivity index (χ4n) is 1.30. The van der Waals surface area contributed by atoms with Crippen LogP contribution in [0, 0.1) is 5.82 Å². The summed E-state index contributed by atoms with van der Waals surface area (Å²) in [4.78, 5) is 10.9. The van der Waals surface area contributed by atoms with Crippen LogP contribution in [0.25, 0.3) is 11.3 Å². The molecule has 0 spiro atoms. The van der Waals surface area contributed by atoms with Crippen molar-refractivity contribution in [2.45, 2.75) is 5.03 Å². The summed E-state index contributed by atoms with van der Waals surface area (Å²) in [5.41, 5.74) is 0.0891. The molecule has 2 aromatic rings. The van der Waals surface area contributed by atoms with Gasteiger partial charge >= 0.3 is 5.97 Å². The van der Waals surface area contributed by atoms with Gasteiger partial charge in [-0.15, -0.1) is 12.6 Å². The number of rotatable bonds is 2. The Morgan fingerprint density at radius 1 is 1.44 bits per heavy atom. The quantitative estimate of drug-likeness (QED) is 0.790. The second kappa shape index (κ2) is 3.97. The van der Waals surface area contributed by atoms with E-state index in [1.165, 1.54) is 12.1 Å². The molecule has 0 aliphatic carbocycles. The maximum atomic E-state index is 13.0. The zero-order valence-electron chi connectivity index (χ0n) is 7.85. The van der Waals surface area contributed by atoms with Crippen LogP contribution in [0.1, 0.15) is 10.4 Å². The van der Waals surface area contributed by atoms with E-state index in [4.69, 9.17) is 9.63 Å². The van der Waals surface area contributed by atoms with E-state index in [-0.39, 0.29) is 16.9 Å². The molecule has 0 aliphatic heterocycles. The molecule has 6 heteroatoms. The number of benzene rings is 1. The van der Waals surface area contributed by atoms with E-state index in [0.717, 1.165) is 12.1 Å². The van der Waals surface area contributed by atoms with E-state index in [9.17, 15) is 9.18 Å². The van der Waals surface area contributed by atoms with Gasteiger partial charge in [0.1, 0.15) is 10.8 Å². The number of carboxylic acid groups (broad SMARTS) is 1. The van der Waals surface area contributed by atoms with Crippen LogP contribution in [0.3, 0.4) is 0 Å². The zero-order chi connectivity index (χ0) is 11.7. The molecule has 0 fully saturated rings. The molecule has 0 unspecified atom stereocenters. The van der Waals surface area contributed by atoms with E-state index in [2.05, 4.69) is 17.8 Å². The van der Waals surface area contributed by atoms with Crippen LogP contribution in [0.5, 0.6) is 0 Å². The summed E-state index contributed by atoms with van der Waals surface area (Å²) in [6.07, 6.45) is 0. The lowest BCUT2D eigenvalue weighted by molar-refractivity contribution is 0.0697. The lowest BCUT2D eigenvalue weighted by Crippen LogP contribution is -1.99. The first-order valence-electron chi connectivity index (χ1n) is 4.27. The minimum absolute atomic E-state index is 0.0501. The van der Waals surface area contributed by atoms with Crippen LogP contribution in [0.15, 0.2) is 33.8 Å². The standard InChI is InChI=1S/C10H6FNO3S/c11-5-1-2-6(10(13)14)7(3-5)8-4-9(16)12-15-8/h1-4H,(H,12,16)(H,13,14). The van der Waals surface area contributed by atoms with Crippen LogP contribution in [-0.4, -0.2) is 16.2 Å². The molecule has 1 heterocycles. The van der Waals surface area contributed by atoms with Crippen molar-refractivity contribution in [3.63, 3.8) is 0 Å². The predicted molar refractivity (Wildman–Crippen MR) is 56.1 cm³/mol. The fraction of sp³-hybridized carbons (Fsp3) is 0. The summed E-state index contributed by atoms with van der Waals surface area (Å²) >= 11 is 3.92. The van der Waals surface area contributed by atoms with Gasteiger partial charge in [-0.3, -0.25) is 0 Å². The van der Waals surface area contributed by atoms with Gasteiger partial charge in [-0.25, -0.2) is 9.18 Å². The monoisotopic (exact) mass is 239 g/mol. The first-order chi connectivity index (χ1) is 7.58. The molecule has 0 aliphatic rings.